The van der Waals surface area contributed by atoms with Gasteiger partial charge < -0.3 is 24.6 Å². The van der Waals surface area contributed by atoms with Gasteiger partial charge in [0.25, 0.3) is 0 Å². The van der Waals surface area contributed by atoms with E-state index in [9.17, 15) is 24.3 Å². The van der Waals surface area contributed by atoms with E-state index in [2.05, 4.69) is 12.2 Å². The first-order valence-corrected chi connectivity index (χ1v) is 16.1. The Morgan fingerprint density at radius 3 is 2.45 bits per heavy atom. The standard InChI is InChI=1S/C35H47NO8/c1-33-15-11-24(37)20-23(33)6-7-25-26(33)12-16-34(2)27(25)13-17-35(34,41)30(38)21-44-32(40)10-9-31(39)36-18-14-22-5-8-28(42-3)29(19-22)43-4/h5,8,19-20,25-27,41H,6-7,9-18,21H2,1-4H3,(H,36,39)/t25-,26+,27+,33+,34+,35+/m1/s1. The minimum Gasteiger partial charge on any atom is -0.493 e. The molecule has 1 aromatic carbocycles. The molecule has 9 nitrogen and oxygen atoms in total. The number of methoxy groups -OCH3 is 2. The molecular formula is C35H47NO8. The number of carbonyl (C=O) groups is 4. The number of aliphatic hydroxyl groups is 1. The molecule has 6 atom stereocenters. The van der Waals surface area contributed by atoms with Crippen molar-refractivity contribution in [3.05, 3.63) is 35.4 Å². The van der Waals surface area contributed by atoms with Gasteiger partial charge in [-0.1, -0.05) is 25.5 Å². The van der Waals surface area contributed by atoms with Crippen molar-refractivity contribution in [2.75, 3.05) is 27.4 Å². The molecule has 1 aromatic rings. The maximum absolute atomic E-state index is 13.4. The number of amides is 1. The number of allylic oxidation sites excluding steroid dienone is 1. The van der Waals surface area contributed by atoms with Gasteiger partial charge in [0.15, 0.2) is 23.9 Å². The molecule has 0 aliphatic heterocycles. The lowest BCUT2D eigenvalue weighted by Crippen LogP contribution is -2.58. The van der Waals surface area contributed by atoms with Crippen LogP contribution < -0.4 is 14.8 Å². The molecule has 0 unspecified atom stereocenters. The van der Waals surface area contributed by atoms with Crippen molar-refractivity contribution < 1.29 is 38.5 Å². The number of ether oxygens (including phenoxy) is 3. The Morgan fingerprint density at radius 1 is 0.955 bits per heavy atom. The van der Waals surface area contributed by atoms with Gasteiger partial charge in [-0.15, -0.1) is 0 Å². The van der Waals surface area contributed by atoms with Crippen LogP contribution in [0.4, 0.5) is 0 Å². The van der Waals surface area contributed by atoms with Gasteiger partial charge in [0.1, 0.15) is 5.60 Å². The number of rotatable bonds is 11. The van der Waals surface area contributed by atoms with Gasteiger partial charge in [-0.2, -0.15) is 0 Å². The first kappa shape index (κ1) is 32.2. The Labute approximate surface area is 260 Å². The summed E-state index contributed by atoms with van der Waals surface area (Å²) < 4.78 is 15.8. The van der Waals surface area contributed by atoms with Crippen molar-refractivity contribution in [3.63, 3.8) is 0 Å². The number of ketones is 2. The summed E-state index contributed by atoms with van der Waals surface area (Å²) in [6, 6.07) is 5.57. The zero-order valence-electron chi connectivity index (χ0n) is 26.5. The molecule has 0 aromatic heterocycles. The SMILES string of the molecule is COc1ccc(CCNC(=O)CCC(=O)OCC(=O)[C@@]2(O)CC[C@H]3[C@@H]4CCC5=CC(=O)CC[C@]5(C)[C@H]4CC[C@@]32C)cc1OC. The molecule has 0 bridgehead atoms. The zero-order chi connectivity index (χ0) is 31.7. The van der Waals surface area contributed by atoms with Crippen LogP contribution in [0.25, 0.3) is 0 Å². The minimum absolute atomic E-state index is 0.0217. The summed E-state index contributed by atoms with van der Waals surface area (Å²) in [4.78, 5) is 50.3. The van der Waals surface area contributed by atoms with Gasteiger partial charge >= 0.3 is 5.97 Å². The average Bonchev–Trinajstić information content (AvgIpc) is 3.30. The Bertz CT molecular complexity index is 1340. The quantitative estimate of drug-likeness (QED) is 0.351. The molecule has 44 heavy (non-hydrogen) atoms. The Hall–Kier alpha value is -3.20. The average molecular weight is 610 g/mol. The lowest BCUT2D eigenvalue weighted by atomic mass is 9.46. The van der Waals surface area contributed by atoms with Crippen molar-refractivity contribution >= 4 is 23.4 Å². The second-order valence-electron chi connectivity index (χ2n) is 13.7. The van der Waals surface area contributed by atoms with Crippen LogP contribution in [0.15, 0.2) is 29.8 Å². The van der Waals surface area contributed by atoms with Crippen molar-refractivity contribution in [1.82, 2.24) is 5.32 Å². The van der Waals surface area contributed by atoms with Crippen LogP contribution in [-0.4, -0.2) is 61.5 Å². The van der Waals surface area contributed by atoms with Crippen LogP contribution in [0.5, 0.6) is 11.5 Å². The first-order chi connectivity index (χ1) is 20.9. The maximum Gasteiger partial charge on any atom is 0.306 e. The molecule has 3 saturated carbocycles. The topological polar surface area (TPSA) is 128 Å². The molecule has 9 heteroatoms. The molecule has 0 spiro atoms. The molecule has 2 N–H and O–H groups in total. The number of benzene rings is 1. The summed E-state index contributed by atoms with van der Waals surface area (Å²) >= 11 is 0. The first-order valence-electron chi connectivity index (χ1n) is 16.1. The Kier molecular flexibility index (Phi) is 9.26. The molecule has 0 heterocycles. The summed E-state index contributed by atoms with van der Waals surface area (Å²) in [6.45, 7) is 4.27. The monoisotopic (exact) mass is 609 g/mol. The minimum atomic E-state index is -1.54. The number of Topliss-reactive ketones (excluding diaryl/α,β-unsaturated/α-hetero) is 1. The number of carbonyl (C=O) groups excluding carboxylic acids is 4. The van der Waals surface area contributed by atoms with E-state index in [1.807, 2.05) is 31.2 Å². The molecule has 4 aliphatic rings. The smallest absolute Gasteiger partial charge is 0.306 e. The van der Waals surface area contributed by atoms with Gasteiger partial charge in [-0.25, -0.2) is 0 Å². The number of esters is 1. The van der Waals surface area contributed by atoms with E-state index in [1.165, 1.54) is 5.57 Å². The predicted molar refractivity (Wildman–Crippen MR) is 163 cm³/mol. The summed E-state index contributed by atoms with van der Waals surface area (Å²) in [7, 11) is 3.14. The van der Waals surface area contributed by atoms with Gasteiger partial charge in [0, 0.05) is 24.8 Å². The Balaban J connectivity index is 1.09. The highest BCUT2D eigenvalue weighted by Gasteiger charge is 2.66. The van der Waals surface area contributed by atoms with Crippen LogP contribution >= 0.6 is 0 Å². The lowest BCUT2D eigenvalue weighted by Gasteiger charge is -2.58. The highest BCUT2D eigenvalue weighted by atomic mass is 16.5. The number of fused-ring (bicyclic) bond motifs is 5. The molecule has 3 fully saturated rings. The van der Waals surface area contributed by atoms with E-state index in [0.29, 0.717) is 49.1 Å². The molecular weight excluding hydrogens is 562 g/mol. The fraction of sp³-hybridized carbons (Fsp3) is 0.657. The lowest BCUT2D eigenvalue weighted by molar-refractivity contribution is -0.170. The van der Waals surface area contributed by atoms with E-state index >= 15 is 0 Å². The number of hydrogen-bond acceptors (Lipinski definition) is 8. The van der Waals surface area contributed by atoms with Crippen LogP contribution in [0.1, 0.15) is 83.6 Å². The Morgan fingerprint density at radius 2 is 1.70 bits per heavy atom. The van der Waals surface area contributed by atoms with Crippen molar-refractivity contribution in [2.24, 2.45) is 28.6 Å². The third-order valence-electron chi connectivity index (χ3n) is 11.7. The van der Waals surface area contributed by atoms with Gasteiger partial charge in [-0.05, 0) is 98.3 Å². The molecule has 0 radical (unpaired) electrons. The molecule has 0 saturated heterocycles. The predicted octanol–water partition coefficient (Wildman–Crippen LogP) is 4.52. The largest absolute Gasteiger partial charge is 0.493 e. The second-order valence-corrected chi connectivity index (χ2v) is 13.7. The fourth-order valence-electron chi connectivity index (χ4n) is 9.06. The van der Waals surface area contributed by atoms with Crippen molar-refractivity contribution in [2.45, 2.75) is 90.1 Å². The zero-order valence-corrected chi connectivity index (χ0v) is 26.5. The van der Waals surface area contributed by atoms with Gasteiger partial charge in [-0.3, -0.25) is 19.2 Å². The van der Waals surface area contributed by atoms with E-state index in [1.54, 1.807) is 14.2 Å². The van der Waals surface area contributed by atoms with Gasteiger partial charge in [0.2, 0.25) is 11.7 Å². The van der Waals surface area contributed by atoms with E-state index in [0.717, 1.165) is 44.1 Å². The van der Waals surface area contributed by atoms with E-state index in [-0.39, 0.29) is 35.9 Å². The summed E-state index contributed by atoms with van der Waals surface area (Å²) in [6.07, 6.45) is 8.44. The van der Waals surface area contributed by atoms with E-state index < -0.39 is 29.4 Å². The maximum atomic E-state index is 13.4. The van der Waals surface area contributed by atoms with Crippen molar-refractivity contribution in [3.8, 4) is 11.5 Å². The van der Waals surface area contributed by atoms with Crippen LogP contribution in [-0.2, 0) is 30.3 Å². The molecule has 5 rings (SSSR count). The molecule has 240 valence electrons. The molecule has 4 aliphatic carbocycles. The number of hydrogen-bond donors (Lipinski definition) is 2. The fourth-order valence-corrected chi connectivity index (χ4v) is 9.06. The molecule has 1 amide bonds. The highest BCUT2D eigenvalue weighted by molar-refractivity contribution is 5.92. The summed E-state index contributed by atoms with van der Waals surface area (Å²) in [5.41, 5.74) is 0.173. The third-order valence-corrected chi connectivity index (χ3v) is 11.7. The van der Waals surface area contributed by atoms with Crippen molar-refractivity contribution in [1.29, 1.82) is 0 Å². The van der Waals surface area contributed by atoms with Crippen LogP contribution in [0.2, 0.25) is 0 Å². The highest BCUT2D eigenvalue weighted by Crippen LogP contribution is 2.67. The normalized spacial score (nSPS) is 32.4. The van der Waals surface area contributed by atoms with Gasteiger partial charge in [0.05, 0.1) is 20.6 Å². The third kappa shape index (κ3) is 5.80. The number of nitrogens with one attached hydrogen (secondary N) is 1. The second kappa shape index (κ2) is 12.7. The van der Waals surface area contributed by atoms with E-state index in [4.69, 9.17) is 14.2 Å². The van der Waals surface area contributed by atoms with Crippen LogP contribution in [0, 0.1) is 28.6 Å². The van der Waals surface area contributed by atoms with Crippen LogP contribution in [0.3, 0.4) is 0 Å². The summed E-state index contributed by atoms with van der Waals surface area (Å²) in [5, 5.41) is 14.6. The summed E-state index contributed by atoms with van der Waals surface area (Å²) in [5.74, 6) is 1.19.